The number of nitrogens with one attached hydrogen (secondary N) is 1. The summed E-state index contributed by atoms with van der Waals surface area (Å²) in [5.41, 5.74) is 0.766. The van der Waals surface area contributed by atoms with Crippen molar-refractivity contribution >= 4 is 34.5 Å². The van der Waals surface area contributed by atoms with Crippen LogP contribution in [0.4, 0.5) is 0 Å². The maximum absolute atomic E-state index is 12.2. The Labute approximate surface area is 127 Å². The van der Waals surface area contributed by atoms with Gasteiger partial charge in [-0.2, -0.15) is 0 Å². The monoisotopic (exact) mass is 343 g/mol. The summed E-state index contributed by atoms with van der Waals surface area (Å²) in [6.07, 6.45) is 1.97. The van der Waals surface area contributed by atoms with Crippen molar-refractivity contribution in [3.8, 4) is 0 Å². The van der Waals surface area contributed by atoms with Crippen molar-refractivity contribution in [1.82, 2.24) is 5.32 Å². The Kier molecular flexibility index (Phi) is 4.92. The van der Waals surface area contributed by atoms with E-state index in [0.29, 0.717) is 12.1 Å². The van der Waals surface area contributed by atoms with Gasteiger partial charge in [0.05, 0.1) is 5.56 Å². The second-order valence-corrected chi connectivity index (χ2v) is 6.64. The van der Waals surface area contributed by atoms with Crippen molar-refractivity contribution in [1.29, 1.82) is 0 Å². The molecule has 1 fully saturated rings. The number of hydrogen-bond acceptors (Lipinski definition) is 3. The van der Waals surface area contributed by atoms with E-state index in [0.717, 1.165) is 35.4 Å². The highest BCUT2D eigenvalue weighted by Crippen LogP contribution is 2.29. The molecule has 1 amide bonds. The molecule has 5 heteroatoms. The van der Waals surface area contributed by atoms with Gasteiger partial charge in [-0.05, 0) is 52.4 Å². The molecule has 0 radical (unpaired) electrons. The van der Waals surface area contributed by atoms with Gasteiger partial charge in [-0.25, -0.2) is 0 Å². The predicted octanol–water partition coefficient (Wildman–Crippen LogP) is 3.28. The number of amides is 1. The quantitative estimate of drug-likeness (QED) is 0.826. The fourth-order valence-electron chi connectivity index (χ4n) is 2.12. The standard InChI is InChI=1S/C14H18BrNO2S/c1-14(4-6-18-7-5-14)9-16-13(17)11-8-10(19)2-3-12(11)15/h2-3,8,19H,4-7,9H2,1H3,(H,16,17). The first-order valence-corrected chi connectivity index (χ1v) is 7.59. The highest BCUT2D eigenvalue weighted by molar-refractivity contribution is 9.10. The van der Waals surface area contributed by atoms with Crippen LogP contribution >= 0.6 is 28.6 Å². The summed E-state index contributed by atoms with van der Waals surface area (Å²) in [6, 6.07) is 5.46. The predicted molar refractivity (Wildman–Crippen MR) is 81.9 cm³/mol. The third-order valence-corrected chi connectivity index (χ3v) is 4.54. The Morgan fingerprint density at radius 3 is 2.84 bits per heavy atom. The van der Waals surface area contributed by atoms with Crippen molar-refractivity contribution in [2.45, 2.75) is 24.7 Å². The third kappa shape index (κ3) is 3.97. The van der Waals surface area contributed by atoms with Gasteiger partial charge in [0.15, 0.2) is 0 Å². The number of rotatable bonds is 3. The van der Waals surface area contributed by atoms with Gasteiger partial charge in [0.1, 0.15) is 0 Å². The molecule has 104 valence electrons. The number of thiol groups is 1. The van der Waals surface area contributed by atoms with E-state index in [1.165, 1.54) is 0 Å². The molecule has 0 spiro atoms. The van der Waals surface area contributed by atoms with Crippen molar-refractivity contribution in [2.75, 3.05) is 19.8 Å². The summed E-state index contributed by atoms with van der Waals surface area (Å²) < 4.78 is 6.15. The molecule has 3 nitrogen and oxygen atoms in total. The van der Waals surface area contributed by atoms with E-state index < -0.39 is 0 Å². The molecule has 1 aliphatic heterocycles. The summed E-state index contributed by atoms with van der Waals surface area (Å²) in [5.74, 6) is -0.0597. The lowest BCUT2D eigenvalue weighted by Crippen LogP contribution is -2.39. The average molecular weight is 344 g/mol. The number of benzene rings is 1. The minimum absolute atomic E-state index is 0.0597. The summed E-state index contributed by atoms with van der Waals surface area (Å²) in [7, 11) is 0. The van der Waals surface area contributed by atoms with Crippen LogP contribution in [0, 0.1) is 5.41 Å². The van der Waals surface area contributed by atoms with Gasteiger partial charge in [-0.3, -0.25) is 4.79 Å². The van der Waals surface area contributed by atoms with Gasteiger partial charge in [-0.15, -0.1) is 12.6 Å². The highest BCUT2D eigenvalue weighted by atomic mass is 79.9. The van der Waals surface area contributed by atoms with E-state index >= 15 is 0 Å². The van der Waals surface area contributed by atoms with Crippen molar-refractivity contribution in [3.63, 3.8) is 0 Å². The van der Waals surface area contributed by atoms with E-state index in [1.807, 2.05) is 12.1 Å². The Balaban J connectivity index is 1.99. The van der Waals surface area contributed by atoms with Crippen LogP contribution in [0.2, 0.25) is 0 Å². The SMILES string of the molecule is CC1(CNC(=O)c2cc(S)ccc2Br)CCOCC1. The molecule has 0 aromatic heterocycles. The molecule has 1 N–H and O–H groups in total. The maximum atomic E-state index is 12.2. The second kappa shape index (κ2) is 6.29. The van der Waals surface area contributed by atoms with E-state index in [-0.39, 0.29) is 11.3 Å². The van der Waals surface area contributed by atoms with Gasteiger partial charge >= 0.3 is 0 Å². The van der Waals surface area contributed by atoms with Crippen molar-refractivity contribution in [2.24, 2.45) is 5.41 Å². The molecule has 1 aromatic rings. The fraction of sp³-hybridized carbons (Fsp3) is 0.500. The van der Waals surface area contributed by atoms with Crippen LogP contribution in [-0.4, -0.2) is 25.7 Å². The van der Waals surface area contributed by atoms with E-state index in [1.54, 1.807) is 6.07 Å². The lowest BCUT2D eigenvalue weighted by Gasteiger charge is -2.33. The average Bonchev–Trinajstić information content (AvgIpc) is 2.40. The topological polar surface area (TPSA) is 38.3 Å². The summed E-state index contributed by atoms with van der Waals surface area (Å²) >= 11 is 7.66. The van der Waals surface area contributed by atoms with Gasteiger partial charge in [0, 0.05) is 29.1 Å². The molecule has 19 heavy (non-hydrogen) atoms. The molecule has 0 unspecified atom stereocenters. The smallest absolute Gasteiger partial charge is 0.252 e. The zero-order valence-electron chi connectivity index (χ0n) is 10.9. The van der Waals surface area contributed by atoms with Crippen LogP contribution < -0.4 is 5.32 Å². The van der Waals surface area contributed by atoms with Crippen LogP contribution in [0.25, 0.3) is 0 Å². The third-order valence-electron chi connectivity index (χ3n) is 3.57. The molecule has 1 saturated heterocycles. The van der Waals surface area contributed by atoms with Crippen LogP contribution in [0.3, 0.4) is 0 Å². The lowest BCUT2D eigenvalue weighted by atomic mass is 9.82. The Bertz CT molecular complexity index is 473. The molecule has 1 heterocycles. The van der Waals surface area contributed by atoms with Gasteiger partial charge < -0.3 is 10.1 Å². The number of hydrogen-bond donors (Lipinski definition) is 2. The van der Waals surface area contributed by atoms with Crippen LogP contribution in [0.1, 0.15) is 30.1 Å². The zero-order valence-corrected chi connectivity index (χ0v) is 13.4. The number of halogens is 1. The largest absolute Gasteiger partial charge is 0.381 e. The molecular weight excluding hydrogens is 326 g/mol. The first kappa shape index (κ1) is 14.9. The summed E-state index contributed by atoms with van der Waals surface area (Å²) in [6.45, 7) is 4.43. The Hall–Kier alpha value is -0.520. The van der Waals surface area contributed by atoms with Gasteiger partial charge in [0.2, 0.25) is 0 Å². The molecule has 2 rings (SSSR count). The number of ether oxygens (including phenoxy) is 1. The van der Waals surface area contributed by atoms with Crippen LogP contribution in [0.15, 0.2) is 27.6 Å². The fourth-order valence-corrected chi connectivity index (χ4v) is 2.75. The number of carbonyl (C=O) groups excluding carboxylic acids is 1. The first-order valence-electron chi connectivity index (χ1n) is 6.35. The zero-order chi connectivity index (χ0) is 13.9. The first-order chi connectivity index (χ1) is 9.00. The minimum atomic E-state index is -0.0597. The number of carbonyl (C=O) groups is 1. The lowest BCUT2D eigenvalue weighted by molar-refractivity contribution is 0.0238. The van der Waals surface area contributed by atoms with Gasteiger partial charge in [-0.1, -0.05) is 6.92 Å². The van der Waals surface area contributed by atoms with Crippen molar-refractivity contribution in [3.05, 3.63) is 28.2 Å². The van der Waals surface area contributed by atoms with Crippen LogP contribution in [-0.2, 0) is 4.74 Å². The molecule has 0 bridgehead atoms. The second-order valence-electron chi connectivity index (χ2n) is 5.27. The van der Waals surface area contributed by atoms with Gasteiger partial charge in [0.25, 0.3) is 5.91 Å². The molecule has 0 aliphatic carbocycles. The van der Waals surface area contributed by atoms with E-state index in [9.17, 15) is 4.79 Å². The molecular formula is C14H18BrNO2S. The summed E-state index contributed by atoms with van der Waals surface area (Å²) in [4.78, 5) is 13.0. The molecule has 1 aromatic carbocycles. The van der Waals surface area contributed by atoms with Crippen LogP contribution in [0.5, 0.6) is 0 Å². The van der Waals surface area contributed by atoms with Crippen molar-refractivity contribution < 1.29 is 9.53 Å². The van der Waals surface area contributed by atoms with E-state index in [2.05, 4.69) is 40.8 Å². The maximum Gasteiger partial charge on any atom is 0.252 e. The minimum Gasteiger partial charge on any atom is -0.381 e. The van der Waals surface area contributed by atoms with E-state index in [4.69, 9.17) is 4.74 Å². The summed E-state index contributed by atoms with van der Waals surface area (Å²) in [5, 5.41) is 3.02. The Morgan fingerprint density at radius 2 is 2.16 bits per heavy atom. The highest BCUT2D eigenvalue weighted by Gasteiger charge is 2.28. The molecule has 1 aliphatic rings. The Morgan fingerprint density at radius 1 is 1.47 bits per heavy atom. The normalized spacial score (nSPS) is 18.1. The molecule has 0 atom stereocenters. The molecule has 0 saturated carbocycles.